The van der Waals surface area contributed by atoms with Crippen molar-refractivity contribution in [2.75, 3.05) is 13.1 Å². The van der Waals surface area contributed by atoms with E-state index in [1.54, 1.807) is 0 Å². The number of halogens is 1. The van der Waals surface area contributed by atoms with E-state index in [1.165, 1.54) is 23.1 Å². The molecule has 0 radical (unpaired) electrons. The lowest BCUT2D eigenvalue weighted by Crippen LogP contribution is -2.39. The normalized spacial score (nSPS) is 20.7. The Labute approximate surface area is 146 Å². The highest BCUT2D eigenvalue weighted by Gasteiger charge is 2.33. The second kappa shape index (κ2) is 8.61. The molecule has 1 aliphatic carbocycles. The SMILES string of the molecule is CCNC(=NCCc1cc(C)cc(C)c1)NC1CC1C.I. The number of hydrogen-bond donors (Lipinski definition) is 2. The minimum absolute atomic E-state index is 0. The van der Waals surface area contributed by atoms with Crippen LogP contribution >= 0.6 is 24.0 Å². The Kier molecular flexibility index (Phi) is 7.49. The lowest BCUT2D eigenvalue weighted by molar-refractivity contribution is 0.765. The summed E-state index contributed by atoms with van der Waals surface area (Å²) < 4.78 is 0. The van der Waals surface area contributed by atoms with Gasteiger partial charge in [0.2, 0.25) is 0 Å². The smallest absolute Gasteiger partial charge is 0.191 e. The van der Waals surface area contributed by atoms with Crippen molar-refractivity contribution in [1.29, 1.82) is 0 Å². The predicted molar refractivity (Wildman–Crippen MR) is 102 cm³/mol. The number of guanidine groups is 1. The van der Waals surface area contributed by atoms with Gasteiger partial charge in [0.05, 0.1) is 0 Å². The van der Waals surface area contributed by atoms with Crippen molar-refractivity contribution < 1.29 is 0 Å². The first-order chi connectivity index (χ1) is 9.58. The molecule has 3 nitrogen and oxygen atoms in total. The van der Waals surface area contributed by atoms with Crippen molar-refractivity contribution in [1.82, 2.24) is 10.6 Å². The van der Waals surface area contributed by atoms with Gasteiger partial charge < -0.3 is 10.6 Å². The highest BCUT2D eigenvalue weighted by atomic mass is 127. The van der Waals surface area contributed by atoms with Gasteiger partial charge in [-0.1, -0.05) is 36.2 Å². The third-order valence-electron chi connectivity index (χ3n) is 3.73. The van der Waals surface area contributed by atoms with Crippen LogP contribution < -0.4 is 10.6 Å². The van der Waals surface area contributed by atoms with E-state index in [-0.39, 0.29) is 24.0 Å². The van der Waals surface area contributed by atoms with E-state index in [0.29, 0.717) is 6.04 Å². The van der Waals surface area contributed by atoms with Crippen LogP contribution in [0.5, 0.6) is 0 Å². The van der Waals surface area contributed by atoms with Crippen LogP contribution in [0.25, 0.3) is 0 Å². The summed E-state index contributed by atoms with van der Waals surface area (Å²) in [6, 6.07) is 7.35. The summed E-state index contributed by atoms with van der Waals surface area (Å²) in [4.78, 5) is 4.68. The van der Waals surface area contributed by atoms with E-state index in [1.807, 2.05) is 0 Å². The lowest BCUT2D eigenvalue weighted by Gasteiger charge is -2.11. The van der Waals surface area contributed by atoms with Gasteiger partial charge in [0.25, 0.3) is 0 Å². The third-order valence-corrected chi connectivity index (χ3v) is 3.73. The van der Waals surface area contributed by atoms with E-state index in [9.17, 15) is 0 Å². The van der Waals surface area contributed by atoms with Gasteiger partial charge >= 0.3 is 0 Å². The molecule has 0 spiro atoms. The maximum absolute atomic E-state index is 4.68. The highest BCUT2D eigenvalue weighted by Crippen LogP contribution is 2.28. The molecule has 118 valence electrons. The number of hydrogen-bond acceptors (Lipinski definition) is 1. The molecule has 21 heavy (non-hydrogen) atoms. The summed E-state index contributed by atoms with van der Waals surface area (Å²) in [6.45, 7) is 10.4. The average Bonchev–Trinajstić information content (AvgIpc) is 3.03. The summed E-state index contributed by atoms with van der Waals surface area (Å²) in [5.41, 5.74) is 4.04. The maximum atomic E-state index is 4.68. The van der Waals surface area contributed by atoms with Gasteiger partial charge in [-0.15, -0.1) is 24.0 Å². The predicted octanol–water partition coefficient (Wildman–Crippen LogP) is 3.43. The fourth-order valence-electron chi connectivity index (χ4n) is 2.53. The number of benzene rings is 1. The van der Waals surface area contributed by atoms with Crippen LogP contribution in [0.3, 0.4) is 0 Å². The topological polar surface area (TPSA) is 36.4 Å². The molecule has 0 aliphatic heterocycles. The van der Waals surface area contributed by atoms with Crippen LogP contribution in [0, 0.1) is 19.8 Å². The second-order valence-electron chi connectivity index (χ2n) is 5.97. The number of nitrogens with zero attached hydrogens (tertiary/aromatic N) is 1. The Morgan fingerprint density at radius 2 is 1.86 bits per heavy atom. The molecule has 2 unspecified atom stereocenters. The van der Waals surface area contributed by atoms with Crippen LogP contribution in [0.1, 0.15) is 37.0 Å². The zero-order chi connectivity index (χ0) is 14.5. The van der Waals surface area contributed by atoms with Gasteiger partial charge in [-0.3, -0.25) is 4.99 Å². The number of aliphatic imine (C=N–C) groups is 1. The molecule has 1 aromatic rings. The molecule has 2 rings (SSSR count). The fourth-order valence-corrected chi connectivity index (χ4v) is 2.53. The monoisotopic (exact) mass is 401 g/mol. The zero-order valence-corrected chi connectivity index (χ0v) is 15.9. The molecule has 2 N–H and O–H groups in total. The van der Waals surface area contributed by atoms with Gasteiger partial charge in [-0.25, -0.2) is 0 Å². The number of rotatable bonds is 5. The first-order valence-electron chi connectivity index (χ1n) is 7.70. The van der Waals surface area contributed by atoms with Crippen molar-refractivity contribution in [2.45, 2.75) is 46.6 Å². The molecule has 4 heteroatoms. The molecule has 0 aromatic heterocycles. The van der Waals surface area contributed by atoms with Crippen molar-refractivity contribution in [3.63, 3.8) is 0 Å². The Hall–Kier alpha value is -0.780. The van der Waals surface area contributed by atoms with Gasteiger partial charge in [0.1, 0.15) is 0 Å². The third kappa shape index (κ3) is 6.24. The molecule has 0 bridgehead atoms. The quantitative estimate of drug-likeness (QED) is 0.451. The van der Waals surface area contributed by atoms with Gasteiger partial charge in [0.15, 0.2) is 5.96 Å². The summed E-state index contributed by atoms with van der Waals surface area (Å²) in [5, 5.41) is 6.81. The Morgan fingerprint density at radius 3 is 2.38 bits per heavy atom. The van der Waals surface area contributed by atoms with Crippen molar-refractivity contribution in [3.8, 4) is 0 Å². The molecule has 2 atom stereocenters. The van der Waals surface area contributed by atoms with Gasteiger partial charge in [-0.05, 0) is 45.1 Å². The molecule has 0 saturated heterocycles. The zero-order valence-electron chi connectivity index (χ0n) is 13.6. The van der Waals surface area contributed by atoms with E-state index in [4.69, 9.17) is 0 Å². The molecule has 1 fully saturated rings. The van der Waals surface area contributed by atoms with E-state index >= 15 is 0 Å². The molecule has 1 saturated carbocycles. The minimum atomic E-state index is 0. The second-order valence-corrected chi connectivity index (χ2v) is 5.97. The number of nitrogens with one attached hydrogen (secondary N) is 2. The fraction of sp³-hybridized carbons (Fsp3) is 0.588. The maximum Gasteiger partial charge on any atom is 0.191 e. The Morgan fingerprint density at radius 1 is 1.24 bits per heavy atom. The minimum Gasteiger partial charge on any atom is -0.357 e. The summed E-state index contributed by atoms with van der Waals surface area (Å²) in [7, 11) is 0. The molecule has 1 aromatic carbocycles. The van der Waals surface area contributed by atoms with Crippen LogP contribution in [0.4, 0.5) is 0 Å². The molecule has 0 heterocycles. The standard InChI is InChI=1S/C17H27N3.HI/c1-5-18-17(20-16-11-14(16)4)19-7-6-15-9-12(2)8-13(3)10-15;/h8-10,14,16H,5-7,11H2,1-4H3,(H2,18,19,20);1H. The van der Waals surface area contributed by atoms with Gasteiger partial charge in [0, 0.05) is 19.1 Å². The van der Waals surface area contributed by atoms with E-state index < -0.39 is 0 Å². The molecular formula is C17H28IN3. The van der Waals surface area contributed by atoms with Crippen molar-refractivity contribution in [3.05, 3.63) is 34.9 Å². The summed E-state index contributed by atoms with van der Waals surface area (Å²) in [5.74, 6) is 1.75. The van der Waals surface area contributed by atoms with E-state index in [0.717, 1.165) is 31.4 Å². The Balaban J connectivity index is 0.00000220. The first kappa shape index (κ1) is 18.3. The van der Waals surface area contributed by atoms with Crippen LogP contribution in [0.15, 0.2) is 23.2 Å². The van der Waals surface area contributed by atoms with Crippen molar-refractivity contribution >= 4 is 29.9 Å². The number of aryl methyl sites for hydroxylation is 2. The molecule has 1 aliphatic rings. The van der Waals surface area contributed by atoms with Crippen LogP contribution in [-0.4, -0.2) is 25.1 Å². The summed E-state index contributed by atoms with van der Waals surface area (Å²) in [6.07, 6.45) is 2.26. The van der Waals surface area contributed by atoms with E-state index in [2.05, 4.69) is 61.5 Å². The first-order valence-corrected chi connectivity index (χ1v) is 7.70. The largest absolute Gasteiger partial charge is 0.357 e. The lowest BCUT2D eigenvalue weighted by atomic mass is 10.1. The Bertz CT molecular complexity index is 465. The van der Waals surface area contributed by atoms with Crippen molar-refractivity contribution in [2.24, 2.45) is 10.9 Å². The molecular weight excluding hydrogens is 373 g/mol. The molecule has 0 amide bonds. The van der Waals surface area contributed by atoms with Crippen LogP contribution in [0.2, 0.25) is 0 Å². The van der Waals surface area contributed by atoms with Crippen LogP contribution in [-0.2, 0) is 6.42 Å². The average molecular weight is 401 g/mol. The highest BCUT2D eigenvalue weighted by molar-refractivity contribution is 14.0. The van der Waals surface area contributed by atoms with Gasteiger partial charge in [-0.2, -0.15) is 0 Å². The summed E-state index contributed by atoms with van der Waals surface area (Å²) >= 11 is 0.